The molecule has 1 atom stereocenters. The Morgan fingerprint density at radius 3 is 2.44 bits per heavy atom. The minimum absolute atomic E-state index is 0.362. The molecule has 86 valence electrons. The van der Waals surface area contributed by atoms with Crippen LogP contribution in [0, 0.1) is 24.2 Å². The highest BCUT2D eigenvalue weighted by Crippen LogP contribution is 2.21. The first-order valence-corrected chi connectivity index (χ1v) is 5.58. The maximum absolute atomic E-state index is 9.06. The highest BCUT2D eigenvalue weighted by atomic mass is 15.2. The minimum Gasteiger partial charge on any atom is -0.356 e. The lowest BCUT2D eigenvalue weighted by Crippen LogP contribution is -2.34. The van der Waals surface area contributed by atoms with Gasteiger partial charge in [-0.05, 0) is 31.9 Å². The van der Waals surface area contributed by atoms with Crippen LogP contribution in [0.3, 0.4) is 0 Å². The van der Waals surface area contributed by atoms with Gasteiger partial charge in [-0.25, -0.2) is 4.98 Å². The molecule has 0 saturated carbocycles. The molecule has 1 heterocycles. The predicted molar refractivity (Wildman–Crippen MR) is 66.4 cm³/mol. The first kappa shape index (κ1) is 12.5. The second-order valence-corrected chi connectivity index (χ2v) is 4.53. The van der Waals surface area contributed by atoms with E-state index in [-0.39, 0.29) is 0 Å². The number of nitrogens with zero attached hydrogens (tertiary/aromatic N) is 3. The van der Waals surface area contributed by atoms with Crippen molar-refractivity contribution in [2.45, 2.75) is 33.7 Å². The molecule has 0 aliphatic rings. The summed E-state index contributed by atoms with van der Waals surface area (Å²) in [7, 11) is 1.99. The van der Waals surface area contributed by atoms with Crippen LogP contribution in [0.2, 0.25) is 0 Å². The minimum atomic E-state index is 0.362. The number of hydrogen-bond donors (Lipinski definition) is 0. The van der Waals surface area contributed by atoms with Gasteiger partial charge in [-0.2, -0.15) is 5.26 Å². The van der Waals surface area contributed by atoms with E-state index in [1.54, 1.807) is 0 Å². The van der Waals surface area contributed by atoms with E-state index in [2.05, 4.69) is 36.7 Å². The third-order valence-electron chi connectivity index (χ3n) is 3.04. The number of anilines is 1. The zero-order valence-corrected chi connectivity index (χ0v) is 10.7. The Labute approximate surface area is 97.7 Å². The number of aromatic nitrogens is 1. The highest BCUT2D eigenvalue weighted by Gasteiger charge is 2.17. The van der Waals surface area contributed by atoms with E-state index in [0.717, 1.165) is 11.5 Å². The molecule has 0 fully saturated rings. The summed E-state index contributed by atoms with van der Waals surface area (Å²) >= 11 is 0. The van der Waals surface area contributed by atoms with Crippen molar-refractivity contribution in [2.75, 3.05) is 11.9 Å². The Balaban J connectivity index is 3.12. The van der Waals surface area contributed by atoms with Crippen molar-refractivity contribution in [3.8, 4) is 6.07 Å². The van der Waals surface area contributed by atoms with Crippen molar-refractivity contribution in [1.29, 1.82) is 5.26 Å². The van der Waals surface area contributed by atoms with Crippen LogP contribution < -0.4 is 4.90 Å². The second-order valence-electron chi connectivity index (χ2n) is 4.53. The standard InChI is InChI=1S/C13H19N3/c1-9(2)11(4)16(5)13-12(8-14)7-6-10(3)15-13/h6-7,9,11H,1-5H3. The molecule has 0 aromatic carbocycles. The number of aryl methyl sites for hydroxylation is 1. The molecule has 16 heavy (non-hydrogen) atoms. The Morgan fingerprint density at radius 2 is 1.94 bits per heavy atom. The fraction of sp³-hybridized carbons (Fsp3) is 0.538. The van der Waals surface area contributed by atoms with Gasteiger partial charge in [-0.1, -0.05) is 13.8 Å². The van der Waals surface area contributed by atoms with E-state index in [1.165, 1.54) is 0 Å². The summed E-state index contributed by atoms with van der Waals surface area (Å²) in [6.45, 7) is 8.43. The molecule has 3 nitrogen and oxygen atoms in total. The van der Waals surface area contributed by atoms with E-state index in [0.29, 0.717) is 17.5 Å². The molecule has 0 amide bonds. The summed E-state index contributed by atoms with van der Waals surface area (Å²) in [4.78, 5) is 6.53. The van der Waals surface area contributed by atoms with Gasteiger partial charge in [0.15, 0.2) is 0 Å². The normalized spacial score (nSPS) is 12.3. The predicted octanol–water partition coefficient (Wildman–Crippen LogP) is 2.74. The average molecular weight is 217 g/mol. The van der Waals surface area contributed by atoms with E-state index >= 15 is 0 Å². The second kappa shape index (κ2) is 4.98. The molecule has 0 N–H and O–H groups in total. The molecule has 0 radical (unpaired) electrons. The van der Waals surface area contributed by atoms with Crippen LogP contribution in [-0.2, 0) is 0 Å². The number of rotatable bonds is 3. The maximum Gasteiger partial charge on any atom is 0.146 e. The fourth-order valence-corrected chi connectivity index (χ4v) is 1.54. The van der Waals surface area contributed by atoms with Gasteiger partial charge in [0.2, 0.25) is 0 Å². The summed E-state index contributed by atoms with van der Waals surface area (Å²) in [6, 6.07) is 6.26. The van der Waals surface area contributed by atoms with Gasteiger partial charge in [0.1, 0.15) is 11.9 Å². The molecule has 0 aliphatic heterocycles. The quantitative estimate of drug-likeness (QED) is 0.781. The van der Waals surface area contributed by atoms with Crippen molar-refractivity contribution in [2.24, 2.45) is 5.92 Å². The van der Waals surface area contributed by atoms with Crippen LogP contribution in [0.1, 0.15) is 32.0 Å². The summed E-state index contributed by atoms with van der Waals surface area (Å²) < 4.78 is 0. The van der Waals surface area contributed by atoms with Gasteiger partial charge >= 0.3 is 0 Å². The van der Waals surface area contributed by atoms with E-state index < -0.39 is 0 Å². The molecule has 0 bridgehead atoms. The van der Waals surface area contributed by atoms with Crippen molar-refractivity contribution in [1.82, 2.24) is 4.98 Å². The summed E-state index contributed by atoms with van der Waals surface area (Å²) in [5, 5.41) is 9.06. The molecular weight excluding hydrogens is 198 g/mol. The van der Waals surface area contributed by atoms with Crippen molar-refractivity contribution in [3.05, 3.63) is 23.4 Å². The fourth-order valence-electron chi connectivity index (χ4n) is 1.54. The van der Waals surface area contributed by atoms with Crippen LogP contribution >= 0.6 is 0 Å². The van der Waals surface area contributed by atoms with Crippen LogP contribution in [0.25, 0.3) is 0 Å². The lowest BCUT2D eigenvalue weighted by atomic mass is 10.0. The summed E-state index contributed by atoms with van der Waals surface area (Å²) in [6.07, 6.45) is 0. The Kier molecular flexibility index (Phi) is 3.89. The van der Waals surface area contributed by atoms with Gasteiger partial charge in [0, 0.05) is 18.8 Å². The molecule has 1 aromatic heterocycles. The Hall–Kier alpha value is -1.56. The molecule has 0 aliphatic carbocycles. The van der Waals surface area contributed by atoms with Crippen LogP contribution in [0.15, 0.2) is 12.1 Å². The van der Waals surface area contributed by atoms with E-state index in [9.17, 15) is 0 Å². The monoisotopic (exact) mass is 217 g/mol. The lowest BCUT2D eigenvalue weighted by molar-refractivity contribution is 0.502. The first-order valence-electron chi connectivity index (χ1n) is 5.58. The number of nitriles is 1. The maximum atomic E-state index is 9.06. The lowest BCUT2D eigenvalue weighted by Gasteiger charge is -2.29. The van der Waals surface area contributed by atoms with Gasteiger partial charge in [-0.15, -0.1) is 0 Å². The van der Waals surface area contributed by atoms with Gasteiger partial charge < -0.3 is 4.90 Å². The highest BCUT2D eigenvalue weighted by molar-refractivity contribution is 5.54. The number of hydrogen-bond acceptors (Lipinski definition) is 3. The van der Waals surface area contributed by atoms with Crippen LogP contribution in [0.5, 0.6) is 0 Å². The first-order chi connectivity index (χ1) is 7.47. The third-order valence-corrected chi connectivity index (χ3v) is 3.04. The SMILES string of the molecule is Cc1ccc(C#N)c(N(C)C(C)C(C)C)n1. The third kappa shape index (κ3) is 2.52. The van der Waals surface area contributed by atoms with Crippen LogP contribution in [-0.4, -0.2) is 18.1 Å². The van der Waals surface area contributed by atoms with Gasteiger partial charge in [0.25, 0.3) is 0 Å². The molecule has 1 rings (SSSR count). The largest absolute Gasteiger partial charge is 0.356 e. The molecular formula is C13H19N3. The van der Waals surface area contributed by atoms with E-state index in [1.807, 2.05) is 26.1 Å². The number of pyridine rings is 1. The van der Waals surface area contributed by atoms with Crippen LogP contribution in [0.4, 0.5) is 5.82 Å². The zero-order chi connectivity index (χ0) is 12.3. The van der Waals surface area contributed by atoms with Crippen molar-refractivity contribution < 1.29 is 0 Å². The Bertz CT molecular complexity index is 404. The average Bonchev–Trinajstić information content (AvgIpc) is 2.26. The topological polar surface area (TPSA) is 39.9 Å². The Morgan fingerprint density at radius 1 is 1.31 bits per heavy atom. The van der Waals surface area contributed by atoms with Crippen molar-refractivity contribution >= 4 is 5.82 Å². The zero-order valence-electron chi connectivity index (χ0n) is 10.7. The van der Waals surface area contributed by atoms with Crippen molar-refractivity contribution in [3.63, 3.8) is 0 Å². The van der Waals surface area contributed by atoms with Gasteiger partial charge in [0.05, 0.1) is 5.56 Å². The molecule has 0 saturated heterocycles. The van der Waals surface area contributed by atoms with Gasteiger partial charge in [-0.3, -0.25) is 0 Å². The smallest absolute Gasteiger partial charge is 0.146 e. The molecule has 1 unspecified atom stereocenters. The molecule has 3 heteroatoms. The molecule has 0 spiro atoms. The summed E-state index contributed by atoms with van der Waals surface area (Å²) in [5.74, 6) is 1.31. The van der Waals surface area contributed by atoms with E-state index in [4.69, 9.17) is 5.26 Å². The molecule has 1 aromatic rings. The summed E-state index contributed by atoms with van der Waals surface area (Å²) in [5.41, 5.74) is 1.58.